The average Bonchev–Trinajstić information content (AvgIpc) is 2.96. The summed E-state index contributed by atoms with van der Waals surface area (Å²) in [4.78, 5) is 0. The highest BCUT2D eigenvalue weighted by Gasteiger charge is 2.42. The predicted octanol–water partition coefficient (Wildman–Crippen LogP) is 3.58. The van der Waals surface area contributed by atoms with Crippen molar-refractivity contribution >= 4 is 0 Å². The number of benzene rings is 1. The Morgan fingerprint density at radius 3 is 2.38 bits per heavy atom. The van der Waals surface area contributed by atoms with Crippen LogP contribution in [0, 0.1) is 0 Å². The van der Waals surface area contributed by atoms with E-state index in [-0.39, 0.29) is 11.5 Å². The van der Waals surface area contributed by atoms with Gasteiger partial charge in [0.05, 0.1) is 11.7 Å². The van der Waals surface area contributed by atoms with Crippen LogP contribution in [0.15, 0.2) is 42.6 Å². The van der Waals surface area contributed by atoms with Gasteiger partial charge in [0.1, 0.15) is 0 Å². The zero-order valence-corrected chi connectivity index (χ0v) is 13.0. The van der Waals surface area contributed by atoms with Gasteiger partial charge in [-0.1, -0.05) is 49.6 Å². The van der Waals surface area contributed by atoms with E-state index in [2.05, 4.69) is 53.9 Å². The van der Waals surface area contributed by atoms with E-state index in [0.717, 1.165) is 5.69 Å². The average molecular weight is 283 g/mol. The van der Waals surface area contributed by atoms with Crippen LogP contribution in [0.3, 0.4) is 0 Å². The Bertz CT molecular complexity index is 567. The van der Waals surface area contributed by atoms with Crippen LogP contribution < -0.4 is 5.32 Å². The van der Waals surface area contributed by atoms with Crippen LogP contribution in [0.5, 0.6) is 0 Å². The van der Waals surface area contributed by atoms with Crippen LogP contribution >= 0.6 is 0 Å². The number of hydrogen-bond donors (Lipinski definition) is 1. The fourth-order valence-electron chi connectivity index (χ4n) is 3.99. The molecule has 1 atom stereocenters. The first kappa shape index (κ1) is 14.3. The van der Waals surface area contributed by atoms with Crippen LogP contribution in [-0.4, -0.2) is 16.8 Å². The van der Waals surface area contributed by atoms with Crippen LogP contribution in [0.4, 0.5) is 0 Å². The van der Waals surface area contributed by atoms with Crippen molar-refractivity contribution in [1.29, 1.82) is 0 Å². The molecule has 112 valence electrons. The lowest BCUT2D eigenvalue weighted by atomic mass is 9.64. The minimum absolute atomic E-state index is 0.169. The molecule has 0 bridgehead atoms. The standard InChI is InChI=1S/C18H25N3/c1-19-17(16-11-14-21(2)20-16)18(12-7-4-8-13-18)15-9-5-3-6-10-15/h3,5-6,9-11,14,17,19H,4,7-8,12-13H2,1-2H3. The first-order chi connectivity index (χ1) is 10.3. The summed E-state index contributed by atoms with van der Waals surface area (Å²) in [7, 11) is 4.06. The lowest BCUT2D eigenvalue weighted by molar-refractivity contribution is 0.217. The predicted molar refractivity (Wildman–Crippen MR) is 86.2 cm³/mol. The zero-order chi connectivity index (χ0) is 14.7. The molecule has 1 aromatic carbocycles. The first-order valence-corrected chi connectivity index (χ1v) is 7.98. The molecule has 0 amide bonds. The Morgan fingerprint density at radius 1 is 1.10 bits per heavy atom. The van der Waals surface area contributed by atoms with Crippen LogP contribution in [0.2, 0.25) is 0 Å². The van der Waals surface area contributed by atoms with Crippen molar-refractivity contribution in [2.75, 3.05) is 7.05 Å². The molecule has 21 heavy (non-hydrogen) atoms. The number of rotatable bonds is 4. The summed E-state index contributed by atoms with van der Waals surface area (Å²) < 4.78 is 1.90. The molecule has 1 N–H and O–H groups in total. The summed E-state index contributed by atoms with van der Waals surface area (Å²) >= 11 is 0. The number of nitrogens with one attached hydrogen (secondary N) is 1. The van der Waals surface area contributed by atoms with E-state index < -0.39 is 0 Å². The minimum Gasteiger partial charge on any atom is -0.311 e. The third-order valence-electron chi connectivity index (χ3n) is 4.97. The molecular formula is C18H25N3. The van der Waals surface area contributed by atoms with E-state index in [0.29, 0.717) is 0 Å². The third-order valence-corrected chi connectivity index (χ3v) is 4.97. The smallest absolute Gasteiger partial charge is 0.0802 e. The Kier molecular flexibility index (Phi) is 4.11. The van der Waals surface area contributed by atoms with E-state index >= 15 is 0 Å². The van der Waals surface area contributed by atoms with Crippen molar-refractivity contribution in [3.05, 3.63) is 53.9 Å². The number of aryl methyl sites for hydroxylation is 1. The molecule has 3 heteroatoms. The van der Waals surface area contributed by atoms with Gasteiger partial charge in [-0.25, -0.2) is 0 Å². The second-order valence-electron chi connectivity index (χ2n) is 6.22. The summed E-state index contributed by atoms with van der Waals surface area (Å²) in [5.74, 6) is 0. The summed E-state index contributed by atoms with van der Waals surface area (Å²) in [6.07, 6.45) is 8.48. The summed E-state index contributed by atoms with van der Waals surface area (Å²) in [5.41, 5.74) is 2.78. The molecule has 1 fully saturated rings. The van der Waals surface area contributed by atoms with Gasteiger partial charge in [-0.05, 0) is 31.5 Å². The van der Waals surface area contributed by atoms with E-state index in [9.17, 15) is 0 Å². The third kappa shape index (κ3) is 2.62. The van der Waals surface area contributed by atoms with Crippen LogP contribution in [-0.2, 0) is 12.5 Å². The van der Waals surface area contributed by atoms with Crippen molar-refractivity contribution in [3.8, 4) is 0 Å². The van der Waals surface area contributed by atoms with Gasteiger partial charge in [-0.3, -0.25) is 4.68 Å². The lowest BCUT2D eigenvalue weighted by Gasteiger charge is -2.43. The highest BCUT2D eigenvalue weighted by Crippen LogP contribution is 2.47. The van der Waals surface area contributed by atoms with Gasteiger partial charge in [0.15, 0.2) is 0 Å². The molecule has 0 saturated heterocycles. The Balaban J connectivity index is 2.05. The van der Waals surface area contributed by atoms with E-state index in [1.165, 1.54) is 37.7 Å². The van der Waals surface area contributed by atoms with Gasteiger partial charge in [0.2, 0.25) is 0 Å². The van der Waals surface area contributed by atoms with E-state index in [1.807, 2.05) is 17.9 Å². The summed E-state index contributed by atoms with van der Waals surface area (Å²) in [6, 6.07) is 13.4. The van der Waals surface area contributed by atoms with E-state index in [4.69, 9.17) is 0 Å². The van der Waals surface area contributed by atoms with Gasteiger partial charge >= 0.3 is 0 Å². The normalized spacial score (nSPS) is 19.3. The summed E-state index contributed by atoms with van der Waals surface area (Å²) in [5, 5.41) is 8.25. The maximum Gasteiger partial charge on any atom is 0.0802 e. The zero-order valence-electron chi connectivity index (χ0n) is 13.0. The fraction of sp³-hybridized carbons (Fsp3) is 0.500. The lowest BCUT2D eigenvalue weighted by Crippen LogP contribution is -2.42. The molecule has 0 spiro atoms. The van der Waals surface area contributed by atoms with Gasteiger partial charge < -0.3 is 5.32 Å². The number of hydrogen-bond acceptors (Lipinski definition) is 2. The molecule has 3 rings (SSSR count). The largest absolute Gasteiger partial charge is 0.311 e. The van der Waals surface area contributed by atoms with Crippen molar-refractivity contribution in [2.24, 2.45) is 7.05 Å². The topological polar surface area (TPSA) is 29.9 Å². The Labute approximate surface area is 127 Å². The molecular weight excluding hydrogens is 258 g/mol. The second kappa shape index (κ2) is 6.02. The SMILES string of the molecule is CNC(c1ccn(C)n1)C1(c2ccccc2)CCCCC1. The Hall–Kier alpha value is -1.61. The molecule has 1 saturated carbocycles. The van der Waals surface area contributed by atoms with Gasteiger partial charge in [0, 0.05) is 18.7 Å². The van der Waals surface area contributed by atoms with Crippen molar-refractivity contribution < 1.29 is 0 Å². The van der Waals surface area contributed by atoms with Gasteiger partial charge in [0.25, 0.3) is 0 Å². The van der Waals surface area contributed by atoms with E-state index in [1.54, 1.807) is 0 Å². The van der Waals surface area contributed by atoms with Crippen LogP contribution in [0.1, 0.15) is 49.4 Å². The second-order valence-corrected chi connectivity index (χ2v) is 6.22. The van der Waals surface area contributed by atoms with Crippen LogP contribution in [0.25, 0.3) is 0 Å². The van der Waals surface area contributed by atoms with Gasteiger partial charge in [-0.15, -0.1) is 0 Å². The number of likely N-dealkylation sites (N-methyl/N-ethyl adjacent to an activating group) is 1. The van der Waals surface area contributed by atoms with Gasteiger partial charge in [-0.2, -0.15) is 5.10 Å². The highest BCUT2D eigenvalue weighted by atomic mass is 15.3. The molecule has 1 aromatic heterocycles. The molecule has 2 aromatic rings. The molecule has 3 nitrogen and oxygen atoms in total. The first-order valence-electron chi connectivity index (χ1n) is 7.98. The number of nitrogens with zero attached hydrogens (tertiary/aromatic N) is 2. The molecule has 0 radical (unpaired) electrons. The maximum atomic E-state index is 4.68. The fourth-order valence-corrected chi connectivity index (χ4v) is 3.99. The van der Waals surface area contributed by atoms with Crippen molar-refractivity contribution in [2.45, 2.75) is 43.6 Å². The minimum atomic E-state index is 0.169. The number of aromatic nitrogens is 2. The molecule has 1 unspecified atom stereocenters. The Morgan fingerprint density at radius 2 is 1.81 bits per heavy atom. The quantitative estimate of drug-likeness (QED) is 0.929. The molecule has 1 aliphatic carbocycles. The molecule has 0 aliphatic heterocycles. The summed E-state index contributed by atoms with van der Waals surface area (Å²) in [6.45, 7) is 0. The van der Waals surface area contributed by atoms with Crippen molar-refractivity contribution in [3.63, 3.8) is 0 Å². The monoisotopic (exact) mass is 283 g/mol. The van der Waals surface area contributed by atoms with Crippen molar-refractivity contribution in [1.82, 2.24) is 15.1 Å². The molecule has 1 aliphatic rings. The maximum absolute atomic E-state index is 4.68. The highest BCUT2D eigenvalue weighted by molar-refractivity contribution is 5.31. The molecule has 1 heterocycles.